The van der Waals surface area contributed by atoms with E-state index in [1.807, 2.05) is 0 Å². The molecule has 0 amide bonds. The number of hydrogen-bond donors (Lipinski definition) is 0. The van der Waals surface area contributed by atoms with Crippen LogP contribution in [0.5, 0.6) is 5.88 Å². The van der Waals surface area contributed by atoms with E-state index in [9.17, 15) is 30.7 Å². The van der Waals surface area contributed by atoms with E-state index in [4.69, 9.17) is 0 Å². The van der Waals surface area contributed by atoms with Crippen molar-refractivity contribution >= 4 is 0 Å². The molecule has 1 aromatic heterocycles. The van der Waals surface area contributed by atoms with Gasteiger partial charge in [0.2, 0.25) is 11.7 Å². The third kappa shape index (κ3) is 2.70. The van der Waals surface area contributed by atoms with Gasteiger partial charge in [-0.1, -0.05) is 0 Å². The van der Waals surface area contributed by atoms with Crippen LogP contribution in [0.15, 0.2) is 12.3 Å². The highest BCUT2D eigenvalue weighted by Gasteiger charge is 2.27. The second-order valence-corrected chi connectivity index (χ2v) is 4.17. The molecule has 0 radical (unpaired) electrons. The number of nitrogens with zero attached hydrogens (tertiary/aromatic N) is 1. The van der Waals surface area contributed by atoms with E-state index in [2.05, 4.69) is 9.72 Å². The maximum absolute atomic E-state index is 13.6. The molecule has 118 valence electrons. The number of hydrogen-bond acceptors (Lipinski definition) is 2. The molecule has 1 aromatic carbocycles. The van der Waals surface area contributed by atoms with Crippen LogP contribution < -0.4 is 4.74 Å². The Kier molecular flexibility index (Phi) is 4.25. The minimum absolute atomic E-state index is 0.0678. The predicted molar refractivity (Wildman–Crippen MR) is 60.8 cm³/mol. The van der Waals surface area contributed by atoms with E-state index < -0.39 is 52.7 Å². The Morgan fingerprint density at radius 3 is 1.86 bits per heavy atom. The van der Waals surface area contributed by atoms with E-state index in [0.29, 0.717) is 6.20 Å². The molecule has 0 atom stereocenters. The Morgan fingerprint density at radius 1 is 0.909 bits per heavy atom. The van der Waals surface area contributed by atoms with Gasteiger partial charge < -0.3 is 4.74 Å². The Balaban J connectivity index is 2.61. The monoisotopic (exact) mass is 325 g/mol. The van der Waals surface area contributed by atoms with Crippen molar-refractivity contribution in [3.8, 4) is 17.0 Å². The van der Waals surface area contributed by atoms with Crippen LogP contribution >= 0.6 is 0 Å². The molecule has 0 aliphatic carbocycles. The first-order chi connectivity index (χ1) is 10.2. The van der Waals surface area contributed by atoms with Gasteiger partial charge >= 0.3 is 6.61 Å². The summed E-state index contributed by atoms with van der Waals surface area (Å²) in [4.78, 5) is 3.38. The van der Waals surface area contributed by atoms with Crippen molar-refractivity contribution in [1.82, 2.24) is 4.98 Å². The molecule has 2 nitrogen and oxygen atoms in total. The minimum Gasteiger partial charge on any atom is -0.417 e. The molecule has 0 saturated carbocycles. The van der Waals surface area contributed by atoms with Gasteiger partial charge in [0.05, 0.1) is 5.56 Å². The standard InChI is InChI=1S/C13H6F7NO/c1-4-2-5(3-21-12(4)22-13(19)20)6-7(14)9(16)11(18)10(17)8(6)15/h2-3,13H,1H3. The number of aryl methyl sites for hydroxylation is 1. The van der Waals surface area contributed by atoms with Crippen molar-refractivity contribution in [2.45, 2.75) is 13.5 Å². The molecule has 1 heterocycles. The molecular formula is C13H6F7NO. The van der Waals surface area contributed by atoms with Gasteiger partial charge in [-0.2, -0.15) is 8.78 Å². The van der Waals surface area contributed by atoms with E-state index >= 15 is 0 Å². The summed E-state index contributed by atoms with van der Waals surface area (Å²) in [5.74, 6) is -11.1. The molecule has 0 spiro atoms. The SMILES string of the molecule is Cc1cc(-c2c(F)c(F)c(F)c(F)c2F)cnc1OC(F)F. The Bertz CT molecular complexity index is 704. The first-order valence-corrected chi connectivity index (χ1v) is 5.67. The zero-order valence-corrected chi connectivity index (χ0v) is 10.7. The zero-order valence-electron chi connectivity index (χ0n) is 10.7. The number of halogens is 7. The molecule has 0 saturated heterocycles. The fourth-order valence-corrected chi connectivity index (χ4v) is 1.77. The van der Waals surface area contributed by atoms with Gasteiger partial charge in [-0.05, 0) is 13.0 Å². The molecule has 0 N–H and O–H groups in total. The number of benzene rings is 1. The van der Waals surface area contributed by atoms with Crippen molar-refractivity contribution in [1.29, 1.82) is 0 Å². The van der Waals surface area contributed by atoms with Gasteiger partial charge in [0.1, 0.15) is 0 Å². The second-order valence-electron chi connectivity index (χ2n) is 4.17. The summed E-state index contributed by atoms with van der Waals surface area (Å²) in [6.07, 6.45) is 0.670. The van der Waals surface area contributed by atoms with Crippen LogP contribution in [-0.2, 0) is 0 Å². The normalized spacial score (nSPS) is 11.1. The van der Waals surface area contributed by atoms with Crippen molar-refractivity contribution in [3.05, 3.63) is 46.9 Å². The summed E-state index contributed by atoms with van der Waals surface area (Å²) in [6.45, 7) is -1.95. The fourth-order valence-electron chi connectivity index (χ4n) is 1.77. The molecule has 0 fully saturated rings. The minimum atomic E-state index is -3.17. The lowest BCUT2D eigenvalue weighted by molar-refractivity contribution is -0.0533. The molecular weight excluding hydrogens is 319 g/mol. The smallest absolute Gasteiger partial charge is 0.388 e. The molecule has 0 aliphatic rings. The summed E-state index contributed by atoms with van der Waals surface area (Å²) >= 11 is 0. The molecule has 9 heteroatoms. The van der Waals surface area contributed by atoms with Gasteiger partial charge in [0, 0.05) is 17.3 Å². The van der Waals surface area contributed by atoms with Gasteiger partial charge in [-0.25, -0.2) is 26.9 Å². The highest BCUT2D eigenvalue weighted by atomic mass is 19.3. The van der Waals surface area contributed by atoms with E-state index in [-0.39, 0.29) is 5.56 Å². The Hall–Kier alpha value is -2.32. The van der Waals surface area contributed by atoms with Crippen LogP contribution in [0.1, 0.15) is 5.56 Å². The molecule has 2 aromatic rings. The topological polar surface area (TPSA) is 22.1 Å². The molecule has 0 unspecified atom stereocenters. The molecule has 0 aliphatic heterocycles. The summed E-state index contributed by atoms with van der Waals surface area (Å²) in [7, 11) is 0. The highest BCUT2D eigenvalue weighted by molar-refractivity contribution is 5.65. The van der Waals surface area contributed by atoms with E-state index in [1.54, 1.807) is 0 Å². The number of pyridine rings is 1. The first-order valence-electron chi connectivity index (χ1n) is 5.67. The summed E-state index contributed by atoms with van der Waals surface area (Å²) < 4.78 is 94.7. The van der Waals surface area contributed by atoms with Gasteiger partial charge in [0.25, 0.3) is 0 Å². The third-order valence-electron chi connectivity index (χ3n) is 2.73. The van der Waals surface area contributed by atoms with Gasteiger partial charge in [0.15, 0.2) is 23.3 Å². The predicted octanol–water partition coefficient (Wildman–Crippen LogP) is 4.35. The summed E-state index contributed by atoms with van der Waals surface area (Å²) in [5, 5.41) is 0. The maximum Gasteiger partial charge on any atom is 0.388 e. The van der Waals surface area contributed by atoms with Gasteiger partial charge in [-0.15, -0.1) is 0 Å². The van der Waals surface area contributed by atoms with Crippen LogP contribution in [-0.4, -0.2) is 11.6 Å². The Morgan fingerprint density at radius 2 is 1.41 bits per heavy atom. The number of ether oxygens (including phenoxy) is 1. The van der Waals surface area contributed by atoms with Crippen LogP contribution in [0, 0.1) is 36.0 Å². The van der Waals surface area contributed by atoms with Crippen molar-refractivity contribution < 1.29 is 35.5 Å². The lowest BCUT2D eigenvalue weighted by Crippen LogP contribution is -2.07. The average Bonchev–Trinajstić information content (AvgIpc) is 2.45. The molecule has 22 heavy (non-hydrogen) atoms. The lowest BCUT2D eigenvalue weighted by atomic mass is 10.0. The van der Waals surface area contributed by atoms with Crippen LogP contribution in [0.25, 0.3) is 11.1 Å². The summed E-state index contributed by atoms with van der Waals surface area (Å²) in [6, 6.07) is 0.920. The van der Waals surface area contributed by atoms with E-state index in [1.165, 1.54) is 6.92 Å². The van der Waals surface area contributed by atoms with E-state index in [0.717, 1.165) is 6.07 Å². The van der Waals surface area contributed by atoms with Crippen LogP contribution in [0.3, 0.4) is 0 Å². The lowest BCUT2D eigenvalue weighted by Gasteiger charge is -2.11. The number of aromatic nitrogens is 1. The fraction of sp³-hybridized carbons (Fsp3) is 0.154. The van der Waals surface area contributed by atoms with Gasteiger partial charge in [-0.3, -0.25) is 0 Å². The number of alkyl halides is 2. The zero-order chi connectivity index (χ0) is 16.6. The largest absolute Gasteiger partial charge is 0.417 e. The number of rotatable bonds is 3. The summed E-state index contributed by atoms with van der Waals surface area (Å²) in [5.41, 5.74) is -1.73. The average molecular weight is 325 g/mol. The third-order valence-corrected chi connectivity index (χ3v) is 2.73. The van der Waals surface area contributed by atoms with Crippen molar-refractivity contribution in [3.63, 3.8) is 0 Å². The maximum atomic E-state index is 13.6. The Labute approximate surface area is 119 Å². The second kappa shape index (κ2) is 5.82. The van der Waals surface area contributed by atoms with Crippen molar-refractivity contribution in [2.24, 2.45) is 0 Å². The quantitative estimate of drug-likeness (QED) is 0.475. The van der Waals surface area contributed by atoms with Crippen molar-refractivity contribution in [2.75, 3.05) is 0 Å². The van der Waals surface area contributed by atoms with Crippen LogP contribution in [0.2, 0.25) is 0 Å². The highest BCUT2D eigenvalue weighted by Crippen LogP contribution is 2.32. The first kappa shape index (κ1) is 16.1. The molecule has 0 bridgehead atoms. The van der Waals surface area contributed by atoms with Crippen LogP contribution in [0.4, 0.5) is 30.7 Å². The molecule has 2 rings (SSSR count).